The van der Waals surface area contributed by atoms with Gasteiger partial charge in [-0.3, -0.25) is 0 Å². The van der Waals surface area contributed by atoms with Crippen molar-refractivity contribution in [2.45, 2.75) is 6.61 Å². The summed E-state index contributed by atoms with van der Waals surface area (Å²) >= 11 is 7.15. The number of aromatic carboxylic acids is 1. The van der Waals surface area contributed by atoms with Crippen LogP contribution in [0.2, 0.25) is 4.47 Å². The number of nitrogens with zero attached hydrogens (tertiary/aromatic N) is 2. The number of amidine groups is 1. The van der Waals surface area contributed by atoms with Gasteiger partial charge in [0.25, 0.3) is 0 Å². The Morgan fingerprint density at radius 2 is 1.88 bits per heavy atom. The highest BCUT2D eigenvalue weighted by atomic mass is 35.5. The van der Waals surface area contributed by atoms with Crippen molar-refractivity contribution in [2.75, 3.05) is 0 Å². The molecule has 8 heteroatoms. The highest BCUT2D eigenvalue weighted by molar-refractivity contribution is 7.15. The number of thiazole rings is 1. The second kappa shape index (κ2) is 7.99. The largest absolute Gasteiger partial charge is 0.487 e. The fourth-order valence-electron chi connectivity index (χ4n) is 2.25. The summed E-state index contributed by atoms with van der Waals surface area (Å²) in [6, 6.07) is 13.6. The molecule has 6 nitrogen and oxygen atoms in total. The van der Waals surface area contributed by atoms with E-state index in [0.717, 1.165) is 4.88 Å². The zero-order chi connectivity index (χ0) is 18.5. The van der Waals surface area contributed by atoms with Crippen LogP contribution in [-0.4, -0.2) is 21.9 Å². The number of aromatic nitrogens is 1. The van der Waals surface area contributed by atoms with Crippen LogP contribution < -0.4 is 10.5 Å². The third-order valence-corrected chi connectivity index (χ3v) is 4.52. The molecule has 0 unspecified atom stereocenters. The molecule has 1 aromatic heterocycles. The Morgan fingerprint density at radius 1 is 1.19 bits per heavy atom. The molecule has 0 saturated carbocycles. The van der Waals surface area contributed by atoms with E-state index in [1.807, 2.05) is 6.07 Å². The first-order chi connectivity index (χ1) is 12.5. The van der Waals surface area contributed by atoms with Gasteiger partial charge >= 0.3 is 5.97 Å². The van der Waals surface area contributed by atoms with E-state index in [-0.39, 0.29) is 17.1 Å². The Hall–Kier alpha value is -2.90. The number of benzene rings is 2. The van der Waals surface area contributed by atoms with Crippen LogP contribution in [0.4, 0.5) is 5.69 Å². The highest BCUT2D eigenvalue weighted by Gasteiger charge is 2.12. The number of carbonyl (C=O) groups is 1. The topological polar surface area (TPSA) is 97.8 Å². The fraction of sp³-hybridized carbons (Fsp3) is 0.0556. The molecule has 0 atom stereocenters. The zero-order valence-electron chi connectivity index (χ0n) is 13.4. The zero-order valence-corrected chi connectivity index (χ0v) is 15.0. The minimum Gasteiger partial charge on any atom is -0.487 e. The maximum Gasteiger partial charge on any atom is 0.337 e. The normalized spacial score (nSPS) is 11.3. The maximum absolute atomic E-state index is 11.3. The Bertz CT molecular complexity index is 972. The molecule has 0 fully saturated rings. The van der Waals surface area contributed by atoms with Crippen LogP contribution in [0.25, 0.3) is 0 Å². The highest BCUT2D eigenvalue weighted by Crippen LogP contribution is 2.25. The first kappa shape index (κ1) is 17.9. The van der Waals surface area contributed by atoms with Gasteiger partial charge in [0.05, 0.1) is 21.7 Å². The molecule has 132 valence electrons. The van der Waals surface area contributed by atoms with Crippen molar-refractivity contribution in [1.82, 2.24) is 4.98 Å². The predicted octanol–water partition coefficient (Wildman–Crippen LogP) is 4.11. The van der Waals surface area contributed by atoms with Gasteiger partial charge < -0.3 is 15.6 Å². The Labute approximate surface area is 158 Å². The summed E-state index contributed by atoms with van der Waals surface area (Å²) in [4.78, 5) is 20.4. The Balaban J connectivity index is 1.88. The van der Waals surface area contributed by atoms with Gasteiger partial charge in [-0.1, -0.05) is 35.9 Å². The van der Waals surface area contributed by atoms with E-state index >= 15 is 0 Å². The first-order valence-electron chi connectivity index (χ1n) is 7.53. The van der Waals surface area contributed by atoms with Gasteiger partial charge in [0.15, 0.2) is 4.47 Å². The number of aliphatic imine (C=N–C) groups is 1. The van der Waals surface area contributed by atoms with Crippen molar-refractivity contribution in [3.8, 4) is 5.75 Å². The van der Waals surface area contributed by atoms with E-state index < -0.39 is 5.97 Å². The van der Waals surface area contributed by atoms with E-state index in [4.69, 9.17) is 22.1 Å². The third kappa shape index (κ3) is 4.19. The van der Waals surface area contributed by atoms with Crippen LogP contribution in [0.5, 0.6) is 5.75 Å². The van der Waals surface area contributed by atoms with Crippen molar-refractivity contribution in [2.24, 2.45) is 10.7 Å². The smallest absolute Gasteiger partial charge is 0.337 e. The molecular weight excluding hydrogens is 374 g/mol. The number of rotatable bonds is 6. The third-order valence-electron chi connectivity index (χ3n) is 3.43. The van der Waals surface area contributed by atoms with Crippen LogP contribution in [0.3, 0.4) is 0 Å². The molecule has 1 heterocycles. The van der Waals surface area contributed by atoms with Gasteiger partial charge in [-0.25, -0.2) is 14.8 Å². The average Bonchev–Trinajstić information content (AvgIpc) is 3.06. The van der Waals surface area contributed by atoms with Crippen LogP contribution in [0.15, 0.2) is 59.7 Å². The monoisotopic (exact) mass is 387 g/mol. The number of para-hydroxylation sites is 2. The number of carboxylic acids is 1. The van der Waals surface area contributed by atoms with Crippen molar-refractivity contribution in [3.05, 3.63) is 75.2 Å². The van der Waals surface area contributed by atoms with Gasteiger partial charge in [0, 0.05) is 6.20 Å². The van der Waals surface area contributed by atoms with E-state index in [0.29, 0.717) is 22.4 Å². The average molecular weight is 388 g/mol. The maximum atomic E-state index is 11.3. The minimum atomic E-state index is -1.07. The lowest BCUT2D eigenvalue weighted by Gasteiger charge is -2.10. The summed E-state index contributed by atoms with van der Waals surface area (Å²) in [6.07, 6.45) is 1.65. The number of nitrogens with two attached hydrogens (primary N) is 1. The molecule has 0 saturated heterocycles. The number of halogens is 1. The van der Waals surface area contributed by atoms with Gasteiger partial charge in [0.1, 0.15) is 18.2 Å². The molecule has 3 N–H and O–H groups in total. The SMILES string of the molecule is NC(=Nc1ccccc1C(=O)O)c1ccccc1OCc1cnc(Cl)s1. The Morgan fingerprint density at radius 3 is 2.58 bits per heavy atom. The minimum absolute atomic E-state index is 0.0770. The van der Waals surface area contributed by atoms with Crippen molar-refractivity contribution in [1.29, 1.82) is 0 Å². The van der Waals surface area contributed by atoms with Gasteiger partial charge in [0.2, 0.25) is 0 Å². The predicted molar refractivity (Wildman–Crippen MR) is 102 cm³/mol. The summed E-state index contributed by atoms with van der Waals surface area (Å²) in [7, 11) is 0. The second-order valence-corrected chi connectivity index (χ2v) is 6.88. The second-order valence-electron chi connectivity index (χ2n) is 5.18. The van der Waals surface area contributed by atoms with Gasteiger partial charge in [-0.2, -0.15) is 0 Å². The molecular formula is C18H14ClN3O3S. The molecule has 0 radical (unpaired) electrons. The molecule has 0 aliphatic rings. The summed E-state index contributed by atoms with van der Waals surface area (Å²) < 4.78 is 6.26. The molecule has 2 aromatic carbocycles. The first-order valence-corrected chi connectivity index (χ1v) is 8.73. The quantitative estimate of drug-likeness (QED) is 0.490. The van der Waals surface area contributed by atoms with E-state index in [2.05, 4.69) is 9.98 Å². The lowest BCUT2D eigenvalue weighted by molar-refractivity contribution is 0.0698. The number of hydrogen-bond acceptors (Lipinski definition) is 5. The van der Waals surface area contributed by atoms with E-state index in [9.17, 15) is 9.90 Å². The fourth-order valence-corrected chi connectivity index (χ4v) is 3.14. The van der Waals surface area contributed by atoms with Crippen molar-refractivity contribution >= 4 is 40.4 Å². The molecule has 0 spiro atoms. The van der Waals surface area contributed by atoms with E-state index in [1.54, 1.807) is 42.6 Å². The van der Waals surface area contributed by atoms with Crippen molar-refractivity contribution in [3.63, 3.8) is 0 Å². The lowest BCUT2D eigenvalue weighted by atomic mass is 10.1. The summed E-state index contributed by atoms with van der Waals surface area (Å²) in [5, 5.41) is 9.27. The molecule has 3 aromatic rings. The molecule has 0 bridgehead atoms. The number of hydrogen-bond donors (Lipinski definition) is 2. The number of ether oxygens (including phenoxy) is 1. The molecule has 0 aliphatic carbocycles. The standard InChI is InChI=1S/C18H14ClN3O3S/c19-18-21-9-11(26-18)10-25-15-8-4-2-6-13(15)16(20)22-14-7-3-1-5-12(14)17(23)24/h1-9H,10H2,(H2,20,22)(H,23,24). The molecule has 0 aliphatic heterocycles. The summed E-state index contributed by atoms with van der Waals surface area (Å²) in [5.74, 6) is -0.369. The Kier molecular flexibility index (Phi) is 5.50. The molecule has 3 rings (SSSR count). The van der Waals surface area contributed by atoms with Crippen LogP contribution in [0.1, 0.15) is 20.8 Å². The van der Waals surface area contributed by atoms with E-state index in [1.165, 1.54) is 17.4 Å². The van der Waals surface area contributed by atoms with Gasteiger partial charge in [-0.15, -0.1) is 11.3 Å². The van der Waals surface area contributed by atoms with Crippen molar-refractivity contribution < 1.29 is 14.6 Å². The number of carboxylic acid groups (broad SMARTS) is 1. The van der Waals surface area contributed by atoms with Crippen LogP contribution in [0, 0.1) is 0 Å². The molecule has 26 heavy (non-hydrogen) atoms. The summed E-state index contributed by atoms with van der Waals surface area (Å²) in [5.41, 5.74) is 7.04. The summed E-state index contributed by atoms with van der Waals surface area (Å²) in [6.45, 7) is 0.292. The van der Waals surface area contributed by atoms with Crippen LogP contribution in [-0.2, 0) is 6.61 Å². The molecule has 0 amide bonds. The van der Waals surface area contributed by atoms with Gasteiger partial charge in [-0.05, 0) is 24.3 Å². The lowest BCUT2D eigenvalue weighted by Crippen LogP contribution is -2.15. The van der Waals surface area contributed by atoms with Crippen LogP contribution >= 0.6 is 22.9 Å².